The first-order chi connectivity index (χ1) is 14.1. The van der Waals surface area contributed by atoms with Gasteiger partial charge >= 0.3 is 12.0 Å². The molecule has 10 heteroatoms. The summed E-state index contributed by atoms with van der Waals surface area (Å²) in [5, 5.41) is 3.19. The van der Waals surface area contributed by atoms with Crippen LogP contribution in [0.4, 0.5) is 9.93 Å². The number of nitrogens with one attached hydrogen (secondary N) is 1. The molecule has 1 atom stereocenters. The summed E-state index contributed by atoms with van der Waals surface area (Å²) in [4.78, 5) is 47.3. The number of rotatable bonds is 5. The Labute approximate surface area is 178 Å². The summed E-state index contributed by atoms with van der Waals surface area (Å²) in [5.74, 6) is -0.882. The molecule has 3 heterocycles. The van der Waals surface area contributed by atoms with Crippen molar-refractivity contribution in [2.24, 2.45) is 5.73 Å². The highest BCUT2D eigenvalue weighted by molar-refractivity contribution is 7.19. The Morgan fingerprint density at radius 1 is 1.37 bits per heavy atom. The number of carbonyl (C=O) groups excluding carboxylic acids is 3. The lowest BCUT2D eigenvalue weighted by molar-refractivity contribution is -0.146. The number of carbonyl (C=O) groups is 3. The van der Waals surface area contributed by atoms with Crippen molar-refractivity contribution in [2.45, 2.75) is 45.1 Å². The number of aryl methyl sites for hydroxylation is 1. The first kappa shape index (κ1) is 21.7. The van der Waals surface area contributed by atoms with Gasteiger partial charge in [-0.3, -0.25) is 19.9 Å². The van der Waals surface area contributed by atoms with E-state index in [1.165, 1.54) is 23.3 Å². The fraction of sp³-hybridized carbons (Fsp3) is 0.450. The summed E-state index contributed by atoms with van der Waals surface area (Å²) >= 11 is 1.31. The number of primary amides is 1. The number of aromatic nitrogens is 2. The van der Waals surface area contributed by atoms with Gasteiger partial charge in [0, 0.05) is 12.7 Å². The molecule has 0 saturated carbocycles. The van der Waals surface area contributed by atoms with E-state index in [0.29, 0.717) is 23.8 Å². The van der Waals surface area contributed by atoms with Crippen LogP contribution in [0.1, 0.15) is 38.1 Å². The summed E-state index contributed by atoms with van der Waals surface area (Å²) in [6, 6.07) is 2.67. The van der Waals surface area contributed by atoms with Crippen molar-refractivity contribution in [1.29, 1.82) is 0 Å². The highest BCUT2D eigenvalue weighted by Crippen LogP contribution is 2.35. The van der Waals surface area contributed by atoms with Crippen molar-refractivity contribution >= 4 is 34.4 Å². The van der Waals surface area contributed by atoms with Crippen molar-refractivity contribution in [1.82, 2.24) is 14.9 Å². The average molecular weight is 432 g/mol. The van der Waals surface area contributed by atoms with Gasteiger partial charge in [-0.1, -0.05) is 11.3 Å². The number of esters is 1. The molecule has 9 nitrogen and oxygen atoms in total. The molecule has 0 spiro atoms. The van der Waals surface area contributed by atoms with E-state index in [2.05, 4.69) is 15.3 Å². The van der Waals surface area contributed by atoms with Crippen LogP contribution in [0, 0.1) is 6.92 Å². The molecule has 3 rings (SSSR count). The van der Waals surface area contributed by atoms with Crippen LogP contribution in [0.3, 0.4) is 0 Å². The molecule has 0 radical (unpaired) electrons. The molecule has 2 aromatic heterocycles. The molecule has 3 amide bonds. The van der Waals surface area contributed by atoms with E-state index in [0.717, 1.165) is 22.6 Å². The fourth-order valence-corrected chi connectivity index (χ4v) is 4.41. The van der Waals surface area contributed by atoms with Crippen LogP contribution in [-0.4, -0.2) is 52.5 Å². The molecule has 0 unspecified atom stereocenters. The van der Waals surface area contributed by atoms with Crippen molar-refractivity contribution in [3.05, 3.63) is 29.7 Å². The van der Waals surface area contributed by atoms with Gasteiger partial charge in [0.2, 0.25) is 5.91 Å². The van der Waals surface area contributed by atoms with Crippen molar-refractivity contribution < 1.29 is 19.1 Å². The maximum Gasteiger partial charge on any atom is 0.324 e. The van der Waals surface area contributed by atoms with Crippen LogP contribution in [-0.2, 0) is 19.7 Å². The third kappa shape index (κ3) is 4.13. The Balaban J connectivity index is 1.83. The lowest BCUT2D eigenvalue weighted by Crippen LogP contribution is -2.45. The standard InChI is InChI=1S/C20H25N5O4S/c1-11-15(12-7-8-22-14(10-12)20(2,3)17(27)29-4)30-18(23-11)24-19(28)25-9-5-6-13(25)16(21)26/h7-8,10,13H,5-6,9H2,1-4H3,(H2,21,26)(H,23,24,28)/t13-/m0/s1. The fourth-order valence-electron chi connectivity index (χ4n) is 3.46. The lowest BCUT2D eigenvalue weighted by Gasteiger charge is -2.21. The maximum atomic E-state index is 12.6. The van der Waals surface area contributed by atoms with Crippen LogP contribution in [0.5, 0.6) is 0 Å². The van der Waals surface area contributed by atoms with Crippen molar-refractivity contribution in [3.8, 4) is 10.4 Å². The maximum absolute atomic E-state index is 12.6. The molecule has 3 N–H and O–H groups in total. The minimum absolute atomic E-state index is 0.379. The number of methoxy groups -OCH3 is 1. The van der Waals surface area contributed by atoms with E-state index >= 15 is 0 Å². The zero-order chi connectivity index (χ0) is 22.1. The highest BCUT2D eigenvalue weighted by Gasteiger charge is 2.34. The SMILES string of the molecule is COC(=O)C(C)(C)c1cc(-c2sc(NC(=O)N3CCC[C@H]3C(N)=O)nc2C)ccn1. The van der Waals surface area contributed by atoms with Crippen molar-refractivity contribution in [3.63, 3.8) is 0 Å². The van der Waals surface area contributed by atoms with Crippen LogP contribution in [0.2, 0.25) is 0 Å². The first-order valence-corrected chi connectivity index (χ1v) is 10.4. The highest BCUT2D eigenvalue weighted by atomic mass is 32.1. The number of anilines is 1. The van der Waals surface area contributed by atoms with Crippen molar-refractivity contribution in [2.75, 3.05) is 19.0 Å². The molecule has 1 aliphatic rings. The smallest absolute Gasteiger partial charge is 0.324 e. The Hall–Kier alpha value is -3.01. The number of nitrogens with zero attached hydrogens (tertiary/aromatic N) is 3. The van der Waals surface area contributed by atoms with Crippen LogP contribution in [0.15, 0.2) is 18.3 Å². The Bertz CT molecular complexity index is 987. The monoisotopic (exact) mass is 431 g/mol. The minimum Gasteiger partial charge on any atom is -0.468 e. The molecule has 0 bridgehead atoms. The molecular formula is C20H25N5O4S. The predicted molar refractivity (Wildman–Crippen MR) is 113 cm³/mol. The third-order valence-corrected chi connectivity index (χ3v) is 6.33. The Morgan fingerprint density at radius 3 is 2.77 bits per heavy atom. The summed E-state index contributed by atoms with van der Waals surface area (Å²) in [5.41, 5.74) is 6.63. The van der Waals surface area contributed by atoms with Crippen LogP contribution in [0.25, 0.3) is 10.4 Å². The van der Waals surface area contributed by atoms with Gasteiger partial charge in [0.1, 0.15) is 11.5 Å². The summed E-state index contributed by atoms with van der Waals surface area (Å²) in [7, 11) is 1.35. The molecular weight excluding hydrogens is 406 g/mol. The number of pyridine rings is 1. The van der Waals surface area contributed by atoms with E-state index in [1.807, 2.05) is 19.1 Å². The average Bonchev–Trinajstić information content (AvgIpc) is 3.34. The predicted octanol–water partition coefficient (Wildman–Crippen LogP) is 2.45. The molecule has 0 aliphatic carbocycles. The van der Waals surface area contributed by atoms with Gasteiger partial charge in [0.05, 0.1) is 23.4 Å². The Morgan fingerprint density at radius 2 is 2.10 bits per heavy atom. The van der Waals surface area contributed by atoms with Crippen LogP contribution < -0.4 is 11.1 Å². The quantitative estimate of drug-likeness (QED) is 0.700. The number of amides is 3. The van der Waals surface area contributed by atoms with Crippen LogP contribution >= 0.6 is 11.3 Å². The number of hydrogen-bond acceptors (Lipinski definition) is 7. The number of hydrogen-bond donors (Lipinski definition) is 2. The zero-order valence-electron chi connectivity index (χ0n) is 17.4. The van der Waals surface area contributed by atoms with E-state index in [-0.39, 0.29) is 12.0 Å². The van der Waals surface area contributed by atoms with Gasteiger partial charge in [0.15, 0.2) is 5.13 Å². The normalized spacial score (nSPS) is 16.4. The number of likely N-dealkylation sites (tertiary alicyclic amines) is 1. The molecule has 1 aliphatic heterocycles. The molecule has 1 saturated heterocycles. The second-order valence-electron chi connectivity index (χ2n) is 7.66. The molecule has 30 heavy (non-hydrogen) atoms. The largest absolute Gasteiger partial charge is 0.468 e. The van der Waals surface area contributed by atoms with E-state index in [1.54, 1.807) is 20.0 Å². The molecule has 1 fully saturated rings. The Kier molecular flexibility index (Phi) is 6.06. The van der Waals surface area contributed by atoms with Gasteiger partial charge in [-0.2, -0.15) is 0 Å². The summed E-state index contributed by atoms with van der Waals surface area (Å²) in [6.07, 6.45) is 2.94. The van der Waals surface area contributed by atoms with Gasteiger partial charge in [0.25, 0.3) is 0 Å². The second kappa shape index (κ2) is 8.39. The molecule has 2 aromatic rings. The van der Waals surface area contributed by atoms with Gasteiger partial charge in [-0.05, 0) is 51.3 Å². The lowest BCUT2D eigenvalue weighted by atomic mass is 9.88. The summed E-state index contributed by atoms with van der Waals surface area (Å²) < 4.78 is 4.89. The number of nitrogens with two attached hydrogens (primary N) is 1. The van der Waals surface area contributed by atoms with Gasteiger partial charge in [-0.25, -0.2) is 9.78 Å². The number of thiazole rings is 1. The third-order valence-electron chi connectivity index (χ3n) is 5.21. The van der Waals surface area contributed by atoms with Gasteiger partial charge in [-0.15, -0.1) is 0 Å². The molecule has 0 aromatic carbocycles. The minimum atomic E-state index is -0.903. The first-order valence-electron chi connectivity index (χ1n) is 9.55. The van der Waals surface area contributed by atoms with Gasteiger partial charge < -0.3 is 15.4 Å². The van der Waals surface area contributed by atoms with E-state index < -0.39 is 17.4 Å². The summed E-state index contributed by atoms with van der Waals surface area (Å²) in [6.45, 7) is 5.82. The van der Waals surface area contributed by atoms with E-state index in [9.17, 15) is 14.4 Å². The second-order valence-corrected chi connectivity index (χ2v) is 8.66. The number of urea groups is 1. The van der Waals surface area contributed by atoms with E-state index in [4.69, 9.17) is 10.5 Å². The zero-order valence-corrected chi connectivity index (χ0v) is 18.2. The topological polar surface area (TPSA) is 128 Å². The number of ether oxygens (including phenoxy) is 1. The molecule has 160 valence electrons.